The standard InChI is InChI=1S/C29H32F3N3O6/c1-39-24-14-18(30)6-9-21(24)16-3-7-19(8-4-16)34(20-11-12-33-15-20)28(37)35-25(17-5-10-22(31)23(32)13-17)26(27(36)40-2)41-29(35)38/h5-6,9-10,13-14,16,19-20,25-26,33H,3-4,7-8,11-12,15H2,1-2H3/t16?,19?,20-,25+,26-/m1/s1. The monoisotopic (exact) mass is 575 g/mol. The Kier molecular flexibility index (Phi) is 8.39. The molecule has 0 aromatic heterocycles. The number of hydrogen-bond acceptors (Lipinski definition) is 7. The number of esters is 1. The van der Waals surface area contributed by atoms with E-state index in [1.807, 2.05) is 0 Å². The molecule has 0 bridgehead atoms. The van der Waals surface area contributed by atoms with Gasteiger partial charge in [0.15, 0.2) is 11.6 Å². The van der Waals surface area contributed by atoms with Crippen molar-refractivity contribution in [3.63, 3.8) is 0 Å². The van der Waals surface area contributed by atoms with Crippen LogP contribution in [-0.4, -0.2) is 73.4 Å². The first kappa shape index (κ1) is 28.7. The van der Waals surface area contributed by atoms with Crippen LogP contribution in [-0.2, 0) is 14.3 Å². The predicted molar refractivity (Wildman–Crippen MR) is 140 cm³/mol. The van der Waals surface area contributed by atoms with Gasteiger partial charge in [-0.2, -0.15) is 0 Å². The van der Waals surface area contributed by atoms with E-state index in [1.54, 1.807) is 11.0 Å². The van der Waals surface area contributed by atoms with Gasteiger partial charge in [0.1, 0.15) is 17.6 Å². The summed E-state index contributed by atoms with van der Waals surface area (Å²) in [6.45, 7) is 1.19. The lowest BCUT2D eigenvalue weighted by molar-refractivity contribution is -0.150. The average molecular weight is 576 g/mol. The van der Waals surface area contributed by atoms with Gasteiger partial charge in [-0.15, -0.1) is 0 Å². The SMILES string of the molecule is COC(=O)[C@@H]1OC(=O)N(C(=O)N(C2CCC(c3ccc(F)cc3OC)CC2)[C@@H]2CCNC2)[C@H]1c1ccc(F)c(F)c1. The van der Waals surface area contributed by atoms with Crippen LogP contribution in [0.3, 0.4) is 0 Å². The minimum absolute atomic E-state index is 0.0232. The molecule has 2 aromatic carbocycles. The molecule has 2 aromatic rings. The van der Waals surface area contributed by atoms with Crippen molar-refractivity contribution in [2.45, 2.75) is 62.3 Å². The zero-order valence-corrected chi connectivity index (χ0v) is 22.8. The quantitative estimate of drug-likeness (QED) is 0.501. The highest BCUT2D eigenvalue weighted by Gasteiger charge is 2.53. The fourth-order valence-corrected chi connectivity index (χ4v) is 6.29. The van der Waals surface area contributed by atoms with Crippen molar-refractivity contribution in [2.75, 3.05) is 27.3 Å². The summed E-state index contributed by atoms with van der Waals surface area (Å²) >= 11 is 0. The summed E-state index contributed by atoms with van der Waals surface area (Å²) in [7, 11) is 2.60. The summed E-state index contributed by atoms with van der Waals surface area (Å²) in [5, 5.41) is 3.25. The molecule has 3 atom stereocenters. The van der Waals surface area contributed by atoms with Crippen LogP contribution < -0.4 is 10.1 Å². The van der Waals surface area contributed by atoms with Crippen LogP contribution >= 0.6 is 0 Å². The van der Waals surface area contributed by atoms with Gasteiger partial charge < -0.3 is 24.4 Å². The molecule has 1 N–H and O–H groups in total. The molecule has 2 aliphatic heterocycles. The van der Waals surface area contributed by atoms with Gasteiger partial charge in [0.2, 0.25) is 6.10 Å². The first-order valence-electron chi connectivity index (χ1n) is 13.6. The number of rotatable bonds is 6. The van der Waals surface area contributed by atoms with E-state index < -0.39 is 41.9 Å². The summed E-state index contributed by atoms with van der Waals surface area (Å²) < 4.78 is 57.2. The summed E-state index contributed by atoms with van der Waals surface area (Å²) in [4.78, 5) is 42.5. The van der Waals surface area contributed by atoms with Crippen LogP contribution in [0, 0.1) is 17.5 Å². The van der Waals surface area contributed by atoms with Gasteiger partial charge in [0.05, 0.1) is 14.2 Å². The Bertz CT molecular complexity index is 1310. The number of halogens is 3. The summed E-state index contributed by atoms with van der Waals surface area (Å²) in [5.74, 6) is -3.04. The number of nitrogens with one attached hydrogen (secondary N) is 1. The molecule has 2 saturated heterocycles. The van der Waals surface area contributed by atoms with Crippen molar-refractivity contribution in [2.24, 2.45) is 0 Å². The molecule has 1 aliphatic carbocycles. The second-order valence-electron chi connectivity index (χ2n) is 10.5. The normalized spacial score (nSPS) is 26.0. The summed E-state index contributed by atoms with van der Waals surface area (Å²) in [5.41, 5.74) is 0.922. The van der Waals surface area contributed by atoms with Gasteiger partial charge in [-0.1, -0.05) is 12.1 Å². The average Bonchev–Trinajstić information content (AvgIpc) is 3.62. The van der Waals surface area contributed by atoms with Crippen LogP contribution in [0.2, 0.25) is 0 Å². The van der Waals surface area contributed by atoms with Crippen molar-refractivity contribution in [3.8, 4) is 5.75 Å². The van der Waals surface area contributed by atoms with Gasteiger partial charge in [-0.05, 0) is 73.9 Å². The fraction of sp³-hybridized carbons (Fsp3) is 0.483. The Morgan fingerprint density at radius 3 is 2.37 bits per heavy atom. The molecular formula is C29H32F3N3O6. The topological polar surface area (TPSA) is 97.4 Å². The minimum Gasteiger partial charge on any atom is -0.496 e. The van der Waals surface area contributed by atoms with E-state index in [0.717, 1.165) is 29.7 Å². The second-order valence-corrected chi connectivity index (χ2v) is 10.5. The molecule has 12 heteroatoms. The van der Waals surface area contributed by atoms with E-state index in [4.69, 9.17) is 14.2 Å². The lowest BCUT2D eigenvalue weighted by Gasteiger charge is -2.42. The summed E-state index contributed by atoms with van der Waals surface area (Å²) in [6.07, 6.45) is 0.625. The molecule has 5 rings (SSSR count). The van der Waals surface area contributed by atoms with Crippen LogP contribution in [0.25, 0.3) is 0 Å². The van der Waals surface area contributed by atoms with E-state index in [1.165, 1.54) is 25.3 Å². The number of nitrogens with zero attached hydrogens (tertiary/aromatic N) is 2. The number of cyclic esters (lactones) is 1. The number of carbonyl (C=O) groups excluding carboxylic acids is 3. The Morgan fingerprint density at radius 1 is 0.976 bits per heavy atom. The maximum absolute atomic E-state index is 14.3. The zero-order chi connectivity index (χ0) is 29.3. The molecule has 3 aliphatic rings. The highest BCUT2D eigenvalue weighted by Crippen LogP contribution is 2.42. The number of imide groups is 1. The molecule has 0 radical (unpaired) electrons. The zero-order valence-electron chi connectivity index (χ0n) is 22.8. The Labute approximate surface area is 235 Å². The molecule has 9 nitrogen and oxygen atoms in total. The third-order valence-electron chi connectivity index (χ3n) is 8.29. The van der Waals surface area contributed by atoms with E-state index >= 15 is 0 Å². The molecule has 41 heavy (non-hydrogen) atoms. The van der Waals surface area contributed by atoms with Gasteiger partial charge >= 0.3 is 18.1 Å². The lowest BCUT2D eigenvalue weighted by Crippen LogP contribution is -2.55. The third kappa shape index (κ3) is 5.57. The first-order valence-corrected chi connectivity index (χ1v) is 13.6. The molecule has 3 amide bonds. The Balaban J connectivity index is 1.44. The third-order valence-corrected chi connectivity index (χ3v) is 8.29. The van der Waals surface area contributed by atoms with Crippen molar-refractivity contribution < 1.29 is 41.8 Å². The molecule has 220 valence electrons. The van der Waals surface area contributed by atoms with Gasteiger partial charge in [0, 0.05) is 24.7 Å². The van der Waals surface area contributed by atoms with Gasteiger partial charge in [-0.3, -0.25) is 0 Å². The molecular weight excluding hydrogens is 543 g/mol. The highest BCUT2D eigenvalue weighted by molar-refractivity contribution is 5.96. The molecule has 1 saturated carbocycles. The number of methoxy groups -OCH3 is 2. The van der Waals surface area contributed by atoms with Crippen LogP contribution in [0.1, 0.15) is 55.2 Å². The largest absolute Gasteiger partial charge is 0.496 e. The number of carbonyl (C=O) groups is 3. The lowest BCUT2D eigenvalue weighted by atomic mass is 9.80. The highest BCUT2D eigenvalue weighted by atomic mass is 19.2. The fourth-order valence-electron chi connectivity index (χ4n) is 6.29. The Hall–Kier alpha value is -3.80. The molecule has 0 unspecified atom stereocenters. The van der Waals surface area contributed by atoms with Gasteiger partial charge in [0.25, 0.3) is 0 Å². The first-order chi connectivity index (χ1) is 19.7. The minimum atomic E-state index is -1.55. The van der Waals surface area contributed by atoms with Crippen LogP contribution in [0.4, 0.5) is 22.8 Å². The number of hydrogen-bond donors (Lipinski definition) is 1. The number of benzene rings is 2. The van der Waals surface area contributed by atoms with Crippen LogP contribution in [0.15, 0.2) is 36.4 Å². The van der Waals surface area contributed by atoms with Crippen molar-refractivity contribution in [1.29, 1.82) is 0 Å². The predicted octanol–water partition coefficient (Wildman–Crippen LogP) is 4.66. The maximum Gasteiger partial charge on any atom is 0.419 e. The number of amides is 3. The van der Waals surface area contributed by atoms with Gasteiger partial charge in [-0.25, -0.2) is 32.5 Å². The number of urea groups is 1. The summed E-state index contributed by atoms with van der Waals surface area (Å²) in [6, 6.07) is 4.91. The van der Waals surface area contributed by atoms with E-state index in [9.17, 15) is 27.6 Å². The van der Waals surface area contributed by atoms with E-state index in [2.05, 4.69) is 5.32 Å². The van der Waals surface area contributed by atoms with Crippen molar-refractivity contribution in [3.05, 3.63) is 65.0 Å². The maximum atomic E-state index is 14.3. The number of ether oxygens (including phenoxy) is 3. The van der Waals surface area contributed by atoms with Crippen LogP contribution in [0.5, 0.6) is 5.75 Å². The second kappa shape index (κ2) is 12.0. The molecule has 3 fully saturated rings. The molecule has 2 heterocycles. The smallest absolute Gasteiger partial charge is 0.419 e. The Morgan fingerprint density at radius 2 is 1.73 bits per heavy atom. The molecule has 0 spiro atoms. The van der Waals surface area contributed by atoms with E-state index in [-0.39, 0.29) is 29.4 Å². The van der Waals surface area contributed by atoms with E-state index in [0.29, 0.717) is 50.9 Å². The van der Waals surface area contributed by atoms with Crippen molar-refractivity contribution in [1.82, 2.24) is 15.1 Å². The van der Waals surface area contributed by atoms with Crippen molar-refractivity contribution >= 4 is 18.1 Å².